The average molecular weight is 337 g/mol. The van der Waals surface area contributed by atoms with E-state index in [2.05, 4.69) is 30.6 Å². The summed E-state index contributed by atoms with van der Waals surface area (Å²) in [6.45, 7) is 11.0. The number of rotatable bonds is 7. The maximum absolute atomic E-state index is 12.1. The molecular weight excluding hydrogens is 310 g/mol. The Morgan fingerprint density at radius 2 is 2.00 bits per heavy atom. The second kappa shape index (κ2) is 8.32. The van der Waals surface area contributed by atoms with Gasteiger partial charge in [0.2, 0.25) is 0 Å². The molecule has 6 heteroatoms. The number of nitrogens with one attached hydrogen (secondary N) is 2. The van der Waals surface area contributed by atoms with Gasteiger partial charge in [-0.05, 0) is 39.7 Å². The number of carbonyl (C=O) groups is 1. The van der Waals surface area contributed by atoms with Crippen LogP contribution in [0.15, 0.2) is 11.4 Å². The monoisotopic (exact) mass is 337 g/mol. The van der Waals surface area contributed by atoms with Gasteiger partial charge in [-0.3, -0.25) is 0 Å². The number of ether oxygens (including phenoxy) is 1. The van der Waals surface area contributed by atoms with E-state index in [0.29, 0.717) is 18.7 Å². The van der Waals surface area contributed by atoms with Crippen molar-refractivity contribution < 1.29 is 9.53 Å². The van der Waals surface area contributed by atoms with Crippen molar-refractivity contribution in [1.82, 2.24) is 10.6 Å². The fourth-order valence-electron chi connectivity index (χ4n) is 2.20. The molecule has 0 aliphatic rings. The largest absolute Gasteiger partial charge is 0.444 e. The molecule has 0 saturated carbocycles. The zero-order valence-corrected chi connectivity index (χ0v) is 15.5. The van der Waals surface area contributed by atoms with Crippen molar-refractivity contribution in [1.29, 1.82) is 5.26 Å². The summed E-state index contributed by atoms with van der Waals surface area (Å²) in [4.78, 5) is 13.2. The van der Waals surface area contributed by atoms with Gasteiger partial charge in [-0.2, -0.15) is 5.26 Å². The van der Waals surface area contributed by atoms with Gasteiger partial charge in [0.15, 0.2) is 0 Å². The van der Waals surface area contributed by atoms with Crippen molar-refractivity contribution in [2.75, 3.05) is 6.54 Å². The van der Waals surface area contributed by atoms with Crippen molar-refractivity contribution >= 4 is 17.4 Å². The van der Waals surface area contributed by atoms with Crippen LogP contribution in [0.2, 0.25) is 0 Å². The SMILES string of the molecule is CCC(CC)(CNCc1cc(C#N)cs1)NC(=O)OC(C)(C)C. The third-order valence-electron chi connectivity index (χ3n) is 3.67. The maximum Gasteiger partial charge on any atom is 0.408 e. The lowest BCUT2D eigenvalue weighted by Crippen LogP contribution is -2.55. The number of thiophene rings is 1. The van der Waals surface area contributed by atoms with Gasteiger partial charge in [-0.1, -0.05) is 13.8 Å². The van der Waals surface area contributed by atoms with Crippen LogP contribution in [0.25, 0.3) is 0 Å². The smallest absolute Gasteiger partial charge is 0.408 e. The predicted octanol–water partition coefficient (Wildman–Crippen LogP) is 3.79. The highest BCUT2D eigenvalue weighted by Crippen LogP contribution is 2.18. The Labute approximate surface area is 143 Å². The molecule has 128 valence electrons. The lowest BCUT2D eigenvalue weighted by atomic mass is 9.93. The Hall–Kier alpha value is -1.58. The number of nitrogens with zero attached hydrogens (tertiary/aromatic N) is 1. The number of hydrogen-bond donors (Lipinski definition) is 2. The summed E-state index contributed by atoms with van der Waals surface area (Å²) in [6.07, 6.45) is 1.23. The van der Waals surface area contributed by atoms with Crippen LogP contribution in [0.4, 0.5) is 4.79 Å². The maximum atomic E-state index is 12.1. The average Bonchev–Trinajstić information content (AvgIpc) is 2.92. The van der Waals surface area contributed by atoms with Crippen molar-refractivity contribution in [2.45, 2.75) is 65.1 Å². The summed E-state index contributed by atoms with van der Waals surface area (Å²) >= 11 is 1.56. The van der Waals surface area contributed by atoms with E-state index in [-0.39, 0.29) is 11.6 Å². The summed E-state index contributed by atoms with van der Waals surface area (Å²) in [5.41, 5.74) is -0.150. The van der Waals surface area contributed by atoms with Crippen LogP contribution in [0.5, 0.6) is 0 Å². The van der Waals surface area contributed by atoms with E-state index >= 15 is 0 Å². The third-order valence-corrected chi connectivity index (χ3v) is 4.60. The second-order valence-corrected chi connectivity index (χ2v) is 7.63. The van der Waals surface area contributed by atoms with Gasteiger partial charge in [0.1, 0.15) is 11.7 Å². The quantitative estimate of drug-likeness (QED) is 0.794. The van der Waals surface area contributed by atoms with Gasteiger partial charge in [-0.25, -0.2) is 4.79 Å². The molecule has 5 nitrogen and oxygen atoms in total. The molecule has 0 spiro atoms. The molecule has 0 saturated heterocycles. The van der Waals surface area contributed by atoms with Gasteiger partial charge in [0.05, 0.1) is 11.1 Å². The van der Waals surface area contributed by atoms with Crippen LogP contribution in [0.3, 0.4) is 0 Å². The number of amides is 1. The lowest BCUT2D eigenvalue weighted by molar-refractivity contribution is 0.0446. The highest BCUT2D eigenvalue weighted by atomic mass is 32.1. The Morgan fingerprint density at radius 1 is 1.35 bits per heavy atom. The summed E-state index contributed by atoms with van der Waals surface area (Å²) in [5, 5.41) is 17.1. The molecule has 1 rings (SSSR count). The molecule has 2 N–H and O–H groups in total. The Bertz CT molecular complexity index is 551. The van der Waals surface area contributed by atoms with Crippen LogP contribution in [0, 0.1) is 11.3 Å². The number of hydrogen-bond acceptors (Lipinski definition) is 5. The Balaban J connectivity index is 2.59. The summed E-state index contributed by atoms with van der Waals surface area (Å²) in [5.74, 6) is 0. The van der Waals surface area contributed by atoms with E-state index in [1.54, 1.807) is 11.3 Å². The van der Waals surface area contributed by atoms with E-state index in [4.69, 9.17) is 10.00 Å². The Morgan fingerprint density at radius 3 is 2.48 bits per heavy atom. The van der Waals surface area contributed by atoms with Gasteiger partial charge in [0, 0.05) is 23.3 Å². The molecule has 0 radical (unpaired) electrons. The minimum absolute atomic E-state index is 0.336. The zero-order valence-electron chi connectivity index (χ0n) is 14.7. The summed E-state index contributed by atoms with van der Waals surface area (Å²) < 4.78 is 5.37. The molecule has 1 amide bonds. The van der Waals surface area contributed by atoms with Crippen LogP contribution < -0.4 is 10.6 Å². The number of alkyl carbamates (subject to hydrolysis) is 1. The van der Waals surface area contributed by atoms with Gasteiger partial charge >= 0.3 is 6.09 Å². The molecule has 1 aromatic heterocycles. The van der Waals surface area contributed by atoms with Gasteiger partial charge in [0.25, 0.3) is 0 Å². The van der Waals surface area contributed by atoms with Gasteiger partial charge < -0.3 is 15.4 Å². The van der Waals surface area contributed by atoms with E-state index in [9.17, 15) is 4.79 Å². The predicted molar refractivity (Wildman–Crippen MR) is 93.4 cm³/mol. The molecule has 0 aliphatic carbocycles. The molecule has 0 unspecified atom stereocenters. The molecule has 0 bridgehead atoms. The van der Waals surface area contributed by atoms with Crippen molar-refractivity contribution in [3.8, 4) is 6.07 Å². The lowest BCUT2D eigenvalue weighted by Gasteiger charge is -2.34. The van der Waals surface area contributed by atoms with Gasteiger partial charge in [-0.15, -0.1) is 11.3 Å². The first-order valence-electron chi connectivity index (χ1n) is 7.93. The van der Waals surface area contributed by atoms with E-state index < -0.39 is 5.60 Å². The van der Waals surface area contributed by atoms with Crippen LogP contribution >= 0.6 is 11.3 Å². The standard InChI is InChI=1S/C17H27N3O2S/c1-6-17(7-2,20-15(21)22-16(3,4)5)12-19-10-14-8-13(9-18)11-23-14/h8,11,19H,6-7,10,12H2,1-5H3,(H,20,21). The molecule has 1 heterocycles. The van der Waals surface area contributed by atoms with Crippen molar-refractivity contribution in [3.05, 3.63) is 21.9 Å². The number of nitriles is 1. The minimum atomic E-state index is -0.505. The first-order valence-corrected chi connectivity index (χ1v) is 8.81. The highest BCUT2D eigenvalue weighted by molar-refractivity contribution is 7.10. The molecule has 0 fully saturated rings. The van der Waals surface area contributed by atoms with E-state index in [0.717, 1.165) is 17.7 Å². The first-order chi connectivity index (χ1) is 10.7. The molecular formula is C17H27N3O2S. The first kappa shape index (κ1) is 19.5. The molecule has 0 atom stereocenters. The fraction of sp³-hybridized carbons (Fsp3) is 0.647. The third kappa shape index (κ3) is 6.59. The molecule has 0 aromatic carbocycles. The number of carbonyl (C=O) groups excluding carboxylic acids is 1. The van der Waals surface area contributed by atoms with Crippen molar-refractivity contribution in [2.24, 2.45) is 0 Å². The molecule has 23 heavy (non-hydrogen) atoms. The van der Waals surface area contributed by atoms with Crippen LogP contribution in [0.1, 0.15) is 57.9 Å². The topological polar surface area (TPSA) is 74.2 Å². The summed E-state index contributed by atoms with van der Waals surface area (Å²) in [6, 6.07) is 4.02. The molecule has 0 aliphatic heterocycles. The van der Waals surface area contributed by atoms with Crippen LogP contribution in [-0.4, -0.2) is 23.8 Å². The second-order valence-electron chi connectivity index (χ2n) is 6.63. The Kier molecular flexibility index (Phi) is 7.04. The molecule has 1 aromatic rings. The summed E-state index contributed by atoms with van der Waals surface area (Å²) in [7, 11) is 0. The minimum Gasteiger partial charge on any atom is -0.444 e. The van der Waals surface area contributed by atoms with Crippen molar-refractivity contribution in [3.63, 3.8) is 0 Å². The van der Waals surface area contributed by atoms with E-state index in [1.165, 1.54) is 0 Å². The van der Waals surface area contributed by atoms with Crippen LogP contribution in [-0.2, 0) is 11.3 Å². The zero-order chi connectivity index (χ0) is 17.5. The fourth-order valence-corrected chi connectivity index (χ4v) is 2.98. The highest BCUT2D eigenvalue weighted by Gasteiger charge is 2.30. The normalized spacial score (nSPS) is 11.8. The van der Waals surface area contributed by atoms with E-state index in [1.807, 2.05) is 32.2 Å².